The van der Waals surface area contributed by atoms with Crippen molar-refractivity contribution in [3.05, 3.63) is 10.4 Å². The molecule has 13 heavy (non-hydrogen) atoms. The molecule has 0 aliphatic rings. The van der Waals surface area contributed by atoms with Crippen LogP contribution in [-0.4, -0.2) is 31.5 Å². The summed E-state index contributed by atoms with van der Waals surface area (Å²) in [4.78, 5) is 2.62. The van der Waals surface area contributed by atoms with Gasteiger partial charge in [-0.05, 0) is 21.1 Å². The first-order valence-electron chi connectivity index (χ1n) is 3.46. The molecule has 0 aromatic rings. The van der Waals surface area contributed by atoms with Crippen LogP contribution in [0.4, 0.5) is 0 Å². The van der Waals surface area contributed by atoms with Gasteiger partial charge in [0.1, 0.15) is 6.67 Å². The van der Waals surface area contributed by atoms with E-state index in [-0.39, 0.29) is 24.5 Å². The van der Waals surface area contributed by atoms with Crippen molar-refractivity contribution in [3.8, 4) is 0 Å². The molecule has 0 aliphatic heterocycles. The van der Waals surface area contributed by atoms with Crippen molar-refractivity contribution in [3.63, 3.8) is 0 Å². The molecule has 0 spiro atoms. The lowest BCUT2D eigenvalue weighted by Gasteiger charge is -2.27. The Hall–Kier alpha value is -1.57. The first-order chi connectivity index (χ1) is 6.18. The summed E-state index contributed by atoms with van der Waals surface area (Å²) in [5, 5.41) is 12.8. The molecule has 0 aromatic carbocycles. The fraction of sp³-hybridized carbons (Fsp3) is 1.00. The topological polar surface area (TPSA) is 136 Å². The van der Waals surface area contributed by atoms with Gasteiger partial charge >= 0.3 is 0 Å². The van der Waals surface area contributed by atoms with Gasteiger partial charge in [-0.15, -0.1) is 5.11 Å². The Morgan fingerprint density at radius 2 is 2.23 bits per heavy atom. The van der Waals surface area contributed by atoms with Crippen molar-refractivity contribution in [2.24, 2.45) is 26.4 Å². The number of nitrogens with two attached hydrogens (primary N) is 1. The van der Waals surface area contributed by atoms with E-state index in [1.54, 1.807) is 7.05 Å². The first kappa shape index (κ1) is 11.4. The molecule has 0 fully saturated rings. The van der Waals surface area contributed by atoms with Crippen LogP contribution in [0.2, 0.25) is 0 Å². The van der Waals surface area contributed by atoms with Crippen LogP contribution >= 0.6 is 0 Å². The summed E-state index contributed by atoms with van der Waals surface area (Å²) >= 11 is 0. The summed E-state index contributed by atoms with van der Waals surface area (Å²) in [5.74, 6) is 0. The molecule has 1 unspecified atom stereocenters. The smallest absolute Gasteiger partial charge is 0.195 e. The Labute approximate surface area is 74.9 Å². The molecule has 0 saturated carbocycles. The van der Waals surface area contributed by atoms with E-state index in [9.17, 15) is 0 Å². The van der Waals surface area contributed by atoms with Gasteiger partial charge in [-0.3, -0.25) is 10.2 Å². The lowest BCUT2D eigenvalue weighted by atomic mass is 10.6. The summed E-state index contributed by atoms with van der Waals surface area (Å²) in [6.45, 7) is 0.706. The van der Waals surface area contributed by atoms with Gasteiger partial charge in [-0.2, -0.15) is 5.53 Å². The molecule has 72 valence electrons. The Morgan fingerprint density at radius 1 is 1.54 bits per heavy atom. The van der Waals surface area contributed by atoms with Crippen LogP contribution in [0, 0.1) is 5.53 Å². The fourth-order valence-electron chi connectivity index (χ4n) is 0.554. The molecule has 0 saturated heterocycles. The molecule has 0 rings (SSSR count). The van der Waals surface area contributed by atoms with Crippen LogP contribution in [0.25, 0.3) is 10.4 Å². The minimum Gasteiger partial charge on any atom is -0.289 e. The van der Waals surface area contributed by atoms with Gasteiger partial charge in [0.05, 0.1) is 7.05 Å². The third-order valence-electron chi connectivity index (χ3n) is 1.42. The van der Waals surface area contributed by atoms with E-state index in [2.05, 4.69) is 25.6 Å². The van der Waals surface area contributed by atoms with E-state index in [0.717, 1.165) is 0 Å². The van der Waals surface area contributed by atoms with Crippen LogP contribution in [0.1, 0.15) is 0 Å². The SMILES string of the molecule is C[N+](CN)(CN=[N+]=[N-])C/N=N/N=N. The third kappa shape index (κ3) is 4.80. The van der Waals surface area contributed by atoms with Crippen molar-refractivity contribution >= 4 is 0 Å². The maximum atomic E-state index is 8.10. The van der Waals surface area contributed by atoms with Crippen molar-refractivity contribution in [1.29, 1.82) is 5.53 Å². The molecule has 0 radical (unpaired) electrons. The van der Waals surface area contributed by atoms with E-state index in [1.807, 2.05) is 0 Å². The second-order valence-corrected chi connectivity index (χ2v) is 2.65. The number of hydrogen-bond acceptors (Lipinski definition) is 4. The number of quaternary nitrogens is 1. The first-order valence-corrected chi connectivity index (χ1v) is 3.46. The third-order valence-corrected chi connectivity index (χ3v) is 1.42. The maximum absolute atomic E-state index is 8.10. The second kappa shape index (κ2) is 6.00. The van der Waals surface area contributed by atoms with Crippen LogP contribution < -0.4 is 5.73 Å². The number of nitrogens with one attached hydrogen (secondary N) is 1. The molecule has 3 N–H and O–H groups in total. The number of azide groups is 1. The van der Waals surface area contributed by atoms with Crippen LogP contribution in [-0.2, 0) is 0 Å². The molecular weight excluding hydrogens is 174 g/mol. The lowest BCUT2D eigenvalue weighted by molar-refractivity contribution is -0.908. The van der Waals surface area contributed by atoms with E-state index in [1.165, 1.54) is 0 Å². The fourth-order valence-corrected chi connectivity index (χ4v) is 0.554. The van der Waals surface area contributed by atoms with Gasteiger partial charge in [0.25, 0.3) is 0 Å². The molecule has 0 aromatic heterocycles. The zero-order valence-electron chi connectivity index (χ0n) is 7.33. The molecule has 9 nitrogen and oxygen atoms in total. The lowest BCUT2D eigenvalue weighted by Crippen LogP contribution is -2.48. The molecular formula is C4H12N9+. The van der Waals surface area contributed by atoms with E-state index >= 15 is 0 Å². The predicted octanol–water partition coefficient (Wildman–Crippen LogP) is 0.973. The normalized spacial score (nSPS) is 14.9. The van der Waals surface area contributed by atoms with Gasteiger partial charge in [-0.1, -0.05) is 0 Å². The zero-order valence-corrected chi connectivity index (χ0v) is 7.33. The molecule has 0 amide bonds. The van der Waals surface area contributed by atoms with Gasteiger partial charge in [-0.25, -0.2) is 0 Å². The zero-order chi connectivity index (χ0) is 10.2. The van der Waals surface area contributed by atoms with Crippen LogP contribution in [0.3, 0.4) is 0 Å². The number of rotatable bonds is 6. The van der Waals surface area contributed by atoms with Gasteiger partial charge in [0.2, 0.25) is 0 Å². The average Bonchev–Trinajstić information content (AvgIpc) is 2.15. The summed E-state index contributed by atoms with van der Waals surface area (Å²) in [6, 6.07) is 0. The summed E-state index contributed by atoms with van der Waals surface area (Å²) < 4.78 is 0.239. The Bertz CT molecular complexity index is 228. The highest BCUT2D eigenvalue weighted by atomic mass is 15.5. The highest BCUT2D eigenvalue weighted by molar-refractivity contribution is 4.38. The quantitative estimate of drug-likeness (QED) is 0.157. The van der Waals surface area contributed by atoms with Crippen molar-refractivity contribution in [1.82, 2.24) is 0 Å². The van der Waals surface area contributed by atoms with E-state index in [0.29, 0.717) is 0 Å². The summed E-state index contributed by atoms with van der Waals surface area (Å²) in [7, 11) is 1.76. The Morgan fingerprint density at radius 3 is 2.69 bits per heavy atom. The summed E-state index contributed by atoms with van der Waals surface area (Å²) in [6.07, 6.45) is 0. The second-order valence-electron chi connectivity index (χ2n) is 2.65. The largest absolute Gasteiger partial charge is 0.289 e. The molecule has 0 aliphatic carbocycles. The van der Waals surface area contributed by atoms with Crippen LogP contribution in [0.15, 0.2) is 20.7 Å². The minimum absolute atomic E-state index is 0.198. The number of hydrogen-bond donors (Lipinski definition) is 2. The van der Waals surface area contributed by atoms with Gasteiger partial charge in [0.15, 0.2) is 13.3 Å². The van der Waals surface area contributed by atoms with E-state index < -0.39 is 0 Å². The molecule has 9 heteroatoms. The predicted molar refractivity (Wildman–Crippen MR) is 44.1 cm³/mol. The van der Waals surface area contributed by atoms with Gasteiger partial charge < -0.3 is 0 Å². The van der Waals surface area contributed by atoms with Crippen LogP contribution in [0.5, 0.6) is 0 Å². The Balaban J connectivity index is 4.17. The highest BCUT2D eigenvalue weighted by Crippen LogP contribution is 2.00. The maximum Gasteiger partial charge on any atom is 0.195 e. The van der Waals surface area contributed by atoms with Crippen molar-refractivity contribution in [2.45, 2.75) is 0 Å². The molecule has 0 heterocycles. The Kier molecular flexibility index (Phi) is 5.28. The van der Waals surface area contributed by atoms with E-state index in [4.69, 9.17) is 16.8 Å². The number of nitrogens with zero attached hydrogens (tertiary/aromatic N) is 7. The average molecular weight is 186 g/mol. The molecule has 0 bridgehead atoms. The highest BCUT2D eigenvalue weighted by Gasteiger charge is 2.17. The van der Waals surface area contributed by atoms with Crippen molar-refractivity contribution in [2.75, 3.05) is 27.1 Å². The standard InChI is InChI=1S/C4H12N9/c1-13(2-5,3-8-10-6)4-9-12-11-7/h7H,2-5H2,1H3/q+1/b11-7?,12-9+. The molecule has 1 atom stereocenters. The van der Waals surface area contributed by atoms with Crippen molar-refractivity contribution < 1.29 is 4.48 Å². The van der Waals surface area contributed by atoms with Gasteiger partial charge in [0, 0.05) is 4.91 Å². The minimum atomic E-state index is 0.198. The monoisotopic (exact) mass is 186 g/mol. The summed E-state index contributed by atoms with van der Waals surface area (Å²) in [5.41, 5.74) is 19.9.